The van der Waals surface area contributed by atoms with E-state index in [-0.39, 0.29) is 0 Å². The van der Waals surface area contributed by atoms with Crippen molar-refractivity contribution in [3.63, 3.8) is 0 Å². The molecule has 1 aromatic rings. The van der Waals surface area contributed by atoms with Crippen molar-refractivity contribution in [2.45, 2.75) is 27.7 Å². The molecule has 4 heteroatoms. The van der Waals surface area contributed by atoms with Crippen LogP contribution in [0, 0.1) is 11.8 Å². The molecular formula is C12H22N4. The molecule has 0 fully saturated rings. The molecule has 0 aliphatic heterocycles. The van der Waals surface area contributed by atoms with Gasteiger partial charge in [-0.05, 0) is 11.8 Å². The number of nitrogens with zero attached hydrogens (tertiary/aromatic N) is 3. The summed E-state index contributed by atoms with van der Waals surface area (Å²) in [4.78, 5) is 10.7. The Morgan fingerprint density at radius 2 is 1.62 bits per heavy atom. The lowest BCUT2D eigenvalue weighted by Crippen LogP contribution is -2.32. The summed E-state index contributed by atoms with van der Waals surface area (Å²) >= 11 is 0. The monoisotopic (exact) mass is 222 g/mol. The van der Waals surface area contributed by atoms with Crippen molar-refractivity contribution in [3.05, 3.63) is 12.4 Å². The van der Waals surface area contributed by atoms with Gasteiger partial charge < -0.3 is 10.6 Å². The number of anilines is 2. The summed E-state index contributed by atoms with van der Waals surface area (Å²) in [5, 5.41) is 0. The van der Waals surface area contributed by atoms with Crippen LogP contribution in [0.3, 0.4) is 0 Å². The van der Waals surface area contributed by atoms with Crippen molar-refractivity contribution in [1.82, 2.24) is 9.97 Å². The zero-order valence-electron chi connectivity index (χ0n) is 10.6. The van der Waals surface area contributed by atoms with Crippen molar-refractivity contribution in [3.8, 4) is 0 Å². The highest BCUT2D eigenvalue weighted by Crippen LogP contribution is 2.14. The summed E-state index contributed by atoms with van der Waals surface area (Å²) in [6.45, 7) is 10.8. The van der Waals surface area contributed by atoms with Gasteiger partial charge in [0.2, 0.25) is 0 Å². The average Bonchev–Trinajstić information content (AvgIpc) is 2.16. The summed E-state index contributed by atoms with van der Waals surface area (Å²) < 4.78 is 0. The number of nitrogens with two attached hydrogens (primary N) is 1. The first-order valence-corrected chi connectivity index (χ1v) is 5.81. The number of hydrogen-bond donors (Lipinski definition) is 1. The lowest BCUT2D eigenvalue weighted by atomic mass is 10.1. The van der Waals surface area contributed by atoms with E-state index in [9.17, 15) is 0 Å². The van der Waals surface area contributed by atoms with Crippen molar-refractivity contribution in [2.24, 2.45) is 11.8 Å². The Morgan fingerprint density at radius 1 is 1.06 bits per heavy atom. The average molecular weight is 222 g/mol. The molecule has 1 heterocycles. The zero-order chi connectivity index (χ0) is 12.1. The third-order valence-corrected chi connectivity index (χ3v) is 2.15. The summed E-state index contributed by atoms with van der Waals surface area (Å²) in [7, 11) is 0. The van der Waals surface area contributed by atoms with Gasteiger partial charge in [-0.1, -0.05) is 27.7 Å². The highest BCUT2D eigenvalue weighted by atomic mass is 15.2. The predicted octanol–water partition coefficient (Wildman–Crippen LogP) is 2.18. The standard InChI is InChI=1S/C12H22N4/c1-9(2)7-16(8-10(3)4)12-6-14-11(13)5-15-12/h5-6,9-10H,7-8H2,1-4H3,(H2,13,14). The fourth-order valence-electron chi connectivity index (χ4n) is 1.64. The molecule has 0 radical (unpaired) electrons. The maximum Gasteiger partial charge on any atom is 0.147 e. The van der Waals surface area contributed by atoms with Gasteiger partial charge in [0.1, 0.15) is 11.6 Å². The molecule has 0 unspecified atom stereocenters. The van der Waals surface area contributed by atoms with E-state index in [0.717, 1.165) is 18.9 Å². The number of hydrogen-bond acceptors (Lipinski definition) is 4. The van der Waals surface area contributed by atoms with E-state index < -0.39 is 0 Å². The summed E-state index contributed by atoms with van der Waals surface area (Å²) in [5.74, 6) is 2.60. The second-order valence-corrected chi connectivity index (χ2v) is 4.99. The third kappa shape index (κ3) is 4.04. The van der Waals surface area contributed by atoms with Gasteiger partial charge in [0.05, 0.1) is 12.4 Å². The van der Waals surface area contributed by atoms with E-state index >= 15 is 0 Å². The van der Waals surface area contributed by atoms with Crippen LogP contribution < -0.4 is 10.6 Å². The lowest BCUT2D eigenvalue weighted by molar-refractivity contribution is 0.548. The molecule has 0 amide bonds. The fraction of sp³-hybridized carbons (Fsp3) is 0.667. The molecule has 0 saturated heterocycles. The molecule has 0 atom stereocenters. The van der Waals surface area contributed by atoms with Crippen LogP contribution in [0.5, 0.6) is 0 Å². The molecule has 0 aliphatic rings. The maximum atomic E-state index is 5.54. The largest absolute Gasteiger partial charge is 0.382 e. The summed E-state index contributed by atoms with van der Waals surface area (Å²) in [5.41, 5.74) is 5.54. The molecule has 16 heavy (non-hydrogen) atoms. The van der Waals surface area contributed by atoms with Gasteiger partial charge in [0.15, 0.2) is 0 Å². The predicted molar refractivity (Wildman–Crippen MR) is 68.3 cm³/mol. The highest BCUT2D eigenvalue weighted by Gasteiger charge is 2.11. The van der Waals surface area contributed by atoms with Crippen molar-refractivity contribution in [1.29, 1.82) is 0 Å². The summed E-state index contributed by atoms with van der Waals surface area (Å²) in [6, 6.07) is 0. The van der Waals surface area contributed by atoms with Gasteiger partial charge >= 0.3 is 0 Å². The molecule has 0 bridgehead atoms. The molecular weight excluding hydrogens is 200 g/mol. The molecule has 0 aromatic carbocycles. The van der Waals surface area contributed by atoms with E-state index in [4.69, 9.17) is 5.73 Å². The first-order valence-electron chi connectivity index (χ1n) is 5.81. The zero-order valence-corrected chi connectivity index (χ0v) is 10.6. The van der Waals surface area contributed by atoms with Crippen LogP contribution in [0.2, 0.25) is 0 Å². The van der Waals surface area contributed by atoms with Crippen molar-refractivity contribution in [2.75, 3.05) is 23.7 Å². The molecule has 1 rings (SSSR count). The van der Waals surface area contributed by atoms with Gasteiger partial charge in [0.25, 0.3) is 0 Å². The van der Waals surface area contributed by atoms with E-state index in [1.165, 1.54) is 0 Å². The topological polar surface area (TPSA) is 55.0 Å². The quantitative estimate of drug-likeness (QED) is 0.829. The number of nitrogen functional groups attached to an aromatic ring is 1. The Kier molecular flexibility index (Phi) is 4.52. The van der Waals surface area contributed by atoms with Gasteiger partial charge in [-0.3, -0.25) is 0 Å². The van der Waals surface area contributed by atoms with E-state index in [2.05, 4.69) is 42.6 Å². The Hall–Kier alpha value is -1.32. The van der Waals surface area contributed by atoms with Crippen LogP contribution in [-0.2, 0) is 0 Å². The molecule has 1 aromatic heterocycles. The van der Waals surface area contributed by atoms with Crippen molar-refractivity contribution >= 4 is 11.6 Å². The lowest BCUT2D eigenvalue weighted by Gasteiger charge is -2.27. The van der Waals surface area contributed by atoms with Gasteiger partial charge in [-0.25, -0.2) is 9.97 Å². The second-order valence-electron chi connectivity index (χ2n) is 4.99. The van der Waals surface area contributed by atoms with Gasteiger partial charge in [0, 0.05) is 13.1 Å². The van der Waals surface area contributed by atoms with Crippen LogP contribution >= 0.6 is 0 Å². The Balaban J connectivity index is 2.78. The van der Waals surface area contributed by atoms with Crippen LogP contribution in [0.15, 0.2) is 12.4 Å². The van der Waals surface area contributed by atoms with E-state index in [1.807, 2.05) is 0 Å². The first kappa shape index (κ1) is 12.7. The minimum Gasteiger partial charge on any atom is -0.382 e. The Labute approximate surface area is 97.9 Å². The molecule has 0 aliphatic carbocycles. The molecule has 90 valence electrons. The fourth-order valence-corrected chi connectivity index (χ4v) is 1.64. The molecule has 2 N–H and O–H groups in total. The first-order chi connectivity index (χ1) is 7.49. The van der Waals surface area contributed by atoms with Gasteiger partial charge in [-0.15, -0.1) is 0 Å². The second kappa shape index (κ2) is 5.68. The SMILES string of the molecule is CC(C)CN(CC(C)C)c1cnc(N)cn1. The molecule has 0 saturated carbocycles. The van der Waals surface area contributed by atoms with Gasteiger partial charge in [-0.2, -0.15) is 0 Å². The number of rotatable bonds is 5. The normalized spacial score (nSPS) is 11.1. The van der Waals surface area contributed by atoms with Crippen molar-refractivity contribution < 1.29 is 0 Å². The smallest absolute Gasteiger partial charge is 0.147 e. The Bertz CT molecular complexity index is 295. The van der Waals surface area contributed by atoms with E-state index in [0.29, 0.717) is 17.7 Å². The minimum atomic E-state index is 0.470. The van der Waals surface area contributed by atoms with Crippen LogP contribution in [0.1, 0.15) is 27.7 Å². The van der Waals surface area contributed by atoms with Crippen LogP contribution in [0.25, 0.3) is 0 Å². The Morgan fingerprint density at radius 3 is 2.00 bits per heavy atom. The highest BCUT2D eigenvalue weighted by molar-refractivity contribution is 5.39. The van der Waals surface area contributed by atoms with Crippen LogP contribution in [0.4, 0.5) is 11.6 Å². The molecule has 4 nitrogen and oxygen atoms in total. The van der Waals surface area contributed by atoms with Crippen LogP contribution in [-0.4, -0.2) is 23.1 Å². The molecule has 0 spiro atoms. The third-order valence-electron chi connectivity index (χ3n) is 2.15. The number of aromatic nitrogens is 2. The summed E-state index contributed by atoms with van der Waals surface area (Å²) in [6.07, 6.45) is 3.36. The maximum absolute atomic E-state index is 5.54. The van der Waals surface area contributed by atoms with E-state index in [1.54, 1.807) is 12.4 Å². The minimum absolute atomic E-state index is 0.470.